The van der Waals surface area contributed by atoms with Crippen LogP contribution in [0, 0.1) is 34.6 Å². The molecule has 0 aromatic heterocycles. The summed E-state index contributed by atoms with van der Waals surface area (Å²) in [7, 11) is -0.360. The molecule has 156 valence electrons. The minimum atomic E-state index is -0.360. The maximum absolute atomic E-state index is 2.40. The summed E-state index contributed by atoms with van der Waals surface area (Å²) in [6.07, 6.45) is 5.35. The van der Waals surface area contributed by atoms with Crippen LogP contribution < -0.4 is 42.4 Å². The van der Waals surface area contributed by atoms with Gasteiger partial charge in [0.2, 0.25) is 0 Å². The van der Waals surface area contributed by atoms with Crippen LogP contribution in [-0.4, -0.2) is 9.52 Å². The average molecular weight is 494 g/mol. The van der Waals surface area contributed by atoms with Gasteiger partial charge >= 0.3 is 170 Å². The Kier molecular flexibility index (Phi) is 14.3. The molecule has 0 N–H and O–H groups in total. The van der Waals surface area contributed by atoms with Crippen LogP contribution in [0.2, 0.25) is 5.54 Å². The van der Waals surface area contributed by atoms with E-state index in [4.69, 9.17) is 0 Å². The average Bonchev–Trinajstić information content (AvgIpc) is 2.79. The molecule has 1 aliphatic carbocycles. The van der Waals surface area contributed by atoms with E-state index in [1.807, 2.05) is 0 Å². The Bertz CT molecular complexity index is 722. The van der Waals surface area contributed by atoms with E-state index in [0.717, 1.165) is 5.54 Å². The fraction of sp³-hybridized carbons (Fsp3) is 0.565. The molecule has 5 heteroatoms. The number of hydrogen-bond acceptors (Lipinski definition) is 0. The van der Waals surface area contributed by atoms with Crippen LogP contribution in [0.4, 0.5) is 0 Å². The third-order valence-electron chi connectivity index (χ3n) is 6.83. The van der Waals surface area contributed by atoms with Crippen molar-refractivity contribution in [3.05, 3.63) is 48.4 Å². The molecule has 1 atom stereocenters. The molecule has 0 saturated heterocycles. The van der Waals surface area contributed by atoms with E-state index in [1.165, 1.54) is 42.4 Å². The van der Waals surface area contributed by atoms with Crippen LogP contribution in [0.1, 0.15) is 74.3 Å². The van der Waals surface area contributed by atoms with Gasteiger partial charge in [-0.15, -0.1) is 0 Å². The fourth-order valence-corrected chi connectivity index (χ4v) is 8.24. The second-order valence-corrected chi connectivity index (χ2v) is 10.8. The first-order valence-corrected chi connectivity index (χ1v) is 12.2. The molecule has 0 nitrogen and oxygen atoms in total. The van der Waals surface area contributed by atoms with Gasteiger partial charge in [0, 0.05) is 0 Å². The van der Waals surface area contributed by atoms with Crippen LogP contribution in [0.3, 0.4) is 0 Å². The molecule has 0 aliphatic heterocycles. The zero-order valence-corrected chi connectivity index (χ0v) is 24.0. The number of rotatable bonds is 6. The summed E-state index contributed by atoms with van der Waals surface area (Å²) in [5, 5.41) is 1.74. The number of benzene rings is 1. The van der Waals surface area contributed by atoms with Crippen molar-refractivity contribution >= 4 is 14.7 Å². The predicted octanol–water partition coefficient (Wildman–Crippen LogP) is -3.45. The minimum Gasteiger partial charge on any atom is -1.00 e. The second kappa shape index (κ2) is 13.0. The summed E-state index contributed by atoms with van der Waals surface area (Å²) >= 11 is 2.40. The molecular formula is C23H35Cl3SiTi. The molecule has 28 heavy (non-hydrogen) atoms. The van der Waals surface area contributed by atoms with Crippen LogP contribution in [0.15, 0.2) is 20.6 Å². The molecule has 1 aromatic carbocycles. The second-order valence-electron chi connectivity index (χ2n) is 8.01. The molecule has 0 radical (unpaired) electrons. The van der Waals surface area contributed by atoms with Gasteiger partial charge in [0.15, 0.2) is 0 Å². The summed E-state index contributed by atoms with van der Waals surface area (Å²) in [6.45, 7) is 18.7. The Morgan fingerprint density at radius 2 is 1.18 bits per heavy atom. The molecule has 0 amide bonds. The summed E-state index contributed by atoms with van der Waals surface area (Å²) in [4.78, 5) is 0. The van der Waals surface area contributed by atoms with Crippen molar-refractivity contribution in [1.82, 2.24) is 0 Å². The van der Waals surface area contributed by atoms with Gasteiger partial charge in [-0.2, -0.15) is 0 Å². The van der Waals surface area contributed by atoms with E-state index in [2.05, 4.69) is 75.8 Å². The topological polar surface area (TPSA) is 0 Å². The number of unbranched alkanes of at least 4 members (excludes halogenated alkanes) is 2. The third kappa shape index (κ3) is 6.02. The van der Waals surface area contributed by atoms with Gasteiger partial charge in [-0.05, 0) is 0 Å². The van der Waals surface area contributed by atoms with Crippen LogP contribution in [0.5, 0.6) is 0 Å². The number of halogens is 3. The molecule has 2 rings (SSSR count). The van der Waals surface area contributed by atoms with Gasteiger partial charge in [0.05, 0.1) is 0 Å². The van der Waals surface area contributed by atoms with Crippen molar-refractivity contribution in [3.8, 4) is 0 Å². The van der Waals surface area contributed by atoms with Crippen molar-refractivity contribution in [2.75, 3.05) is 0 Å². The van der Waals surface area contributed by atoms with Gasteiger partial charge in [-0.3, -0.25) is 0 Å². The van der Waals surface area contributed by atoms with Crippen molar-refractivity contribution in [1.29, 1.82) is 0 Å². The van der Waals surface area contributed by atoms with Gasteiger partial charge in [-0.25, -0.2) is 0 Å². The van der Waals surface area contributed by atoms with Gasteiger partial charge in [0.1, 0.15) is 0 Å². The first kappa shape index (κ1) is 30.7. The molecule has 1 unspecified atom stereocenters. The minimum absolute atomic E-state index is 0. The standard InChI is InChI=1S/C23H35Si.3ClH.Ti/c1-9-10-11-12-21-15(3)14(2)13-22(21)24-23-19(7)17(5)16(4)18(6)20(23)8;;;;/h22H,9-12,24H2,1-8H3;3*1H;/q;;;;+3/p-3. The zero-order valence-electron chi connectivity index (χ0n) is 18.7. The van der Waals surface area contributed by atoms with E-state index >= 15 is 0 Å². The van der Waals surface area contributed by atoms with Gasteiger partial charge in [-0.1, -0.05) is 0 Å². The largest absolute Gasteiger partial charge is 1.00 e. The first-order chi connectivity index (χ1) is 11.7. The molecule has 0 bridgehead atoms. The molecule has 0 saturated carbocycles. The maximum Gasteiger partial charge on any atom is -1.00 e. The molecule has 1 aliphatic rings. The fourth-order valence-electron chi connectivity index (χ4n) is 4.38. The number of hydrogen-bond donors (Lipinski definition) is 0. The normalized spacial score (nSPS) is 16.4. The van der Waals surface area contributed by atoms with Crippen LogP contribution >= 0.6 is 0 Å². The quantitative estimate of drug-likeness (QED) is 0.286. The van der Waals surface area contributed by atoms with Gasteiger partial charge in [0.25, 0.3) is 0 Å². The Hall–Kier alpha value is 0.501. The predicted molar refractivity (Wildman–Crippen MR) is 112 cm³/mol. The van der Waals surface area contributed by atoms with Crippen LogP contribution in [0.25, 0.3) is 0 Å². The Balaban J connectivity index is 0. The Morgan fingerprint density at radius 3 is 1.64 bits per heavy atom. The van der Waals surface area contributed by atoms with E-state index in [-0.39, 0.29) is 46.7 Å². The van der Waals surface area contributed by atoms with E-state index in [9.17, 15) is 0 Å². The SMILES string of the molecule is CCCCCC1=C(C)C(C)=[C]([Ti+3])C1[SiH2]c1c(C)c(C)c(C)c(C)c1C.[Cl-].[Cl-].[Cl-]. The number of allylic oxidation sites excluding steroid dienone is 4. The molecular weight excluding hydrogens is 459 g/mol. The van der Waals surface area contributed by atoms with Crippen molar-refractivity contribution < 1.29 is 57.7 Å². The Labute approximate surface area is 206 Å². The van der Waals surface area contributed by atoms with Crippen molar-refractivity contribution in [2.45, 2.75) is 86.6 Å². The maximum atomic E-state index is 2.40. The molecule has 0 heterocycles. The van der Waals surface area contributed by atoms with Crippen molar-refractivity contribution in [3.63, 3.8) is 0 Å². The monoisotopic (exact) mass is 492 g/mol. The summed E-state index contributed by atoms with van der Waals surface area (Å²) in [6, 6.07) is 0. The van der Waals surface area contributed by atoms with E-state index in [0.29, 0.717) is 0 Å². The molecule has 1 aromatic rings. The van der Waals surface area contributed by atoms with Gasteiger partial charge < -0.3 is 37.2 Å². The molecule has 0 fully saturated rings. The van der Waals surface area contributed by atoms with Crippen LogP contribution in [-0.2, 0) is 20.4 Å². The summed E-state index contributed by atoms with van der Waals surface area (Å²) < 4.78 is 1.67. The first-order valence-electron chi connectivity index (χ1n) is 9.90. The van der Waals surface area contributed by atoms with Crippen molar-refractivity contribution in [2.24, 2.45) is 0 Å². The third-order valence-corrected chi connectivity index (χ3v) is 11.4. The van der Waals surface area contributed by atoms with E-state index in [1.54, 1.807) is 36.9 Å². The summed E-state index contributed by atoms with van der Waals surface area (Å²) in [5.74, 6) is 0. The zero-order chi connectivity index (χ0) is 18.9. The van der Waals surface area contributed by atoms with E-state index < -0.39 is 0 Å². The molecule has 0 spiro atoms. The smallest absolute Gasteiger partial charge is 1.00 e. The summed E-state index contributed by atoms with van der Waals surface area (Å²) in [5.41, 5.74) is 13.4. The Morgan fingerprint density at radius 1 is 0.714 bits per heavy atom.